The third-order valence-electron chi connectivity index (χ3n) is 2.67. The highest BCUT2D eigenvalue weighted by atomic mass is 19.1. The van der Waals surface area contributed by atoms with Crippen molar-refractivity contribution >= 4 is 11.9 Å². The van der Waals surface area contributed by atoms with Gasteiger partial charge < -0.3 is 10.6 Å². The molecule has 0 aromatic carbocycles. The molecule has 16 heavy (non-hydrogen) atoms. The highest BCUT2D eigenvalue weighted by Crippen LogP contribution is 2.31. The summed E-state index contributed by atoms with van der Waals surface area (Å²) in [6.45, 7) is 5.14. The predicted molar refractivity (Wildman–Crippen MR) is 59.7 cm³/mol. The lowest BCUT2D eigenvalue weighted by Crippen LogP contribution is -2.46. The van der Waals surface area contributed by atoms with Crippen molar-refractivity contribution in [2.75, 3.05) is 23.7 Å². The van der Waals surface area contributed by atoms with E-state index in [9.17, 15) is 4.39 Å². The first-order chi connectivity index (χ1) is 7.46. The van der Waals surface area contributed by atoms with Crippen molar-refractivity contribution < 1.29 is 4.39 Å². The molecule has 1 saturated heterocycles. The van der Waals surface area contributed by atoms with E-state index >= 15 is 0 Å². The van der Waals surface area contributed by atoms with E-state index in [-0.39, 0.29) is 11.4 Å². The van der Waals surface area contributed by atoms with Crippen molar-refractivity contribution in [3.05, 3.63) is 6.33 Å². The van der Waals surface area contributed by atoms with Gasteiger partial charge in [0.05, 0.1) is 6.54 Å². The molecule has 1 aliphatic rings. The molecule has 1 aliphatic heterocycles. The summed E-state index contributed by atoms with van der Waals surface area (Å²) in [5.41, 5.74) is 5.41. The van der Waals surface area contributed by atoms with Crippen LogP contribution >= 0.6 is 0 Å². The van der Waals surface area contributed by atoms with Crippen molar-refractivity contribution in [1.82, 2.24) is 15.0 Å². The number of nitrogens with zero attached hydrogens (tertiary/aromatic N) is 4. The number of anilines is 2. The number of hydrogen-bond acceptors (Lipinski definition) is 5. The highest BCUT2D eigenvalue weighted by molar-refractivity contribution is 5.34. The molecule has 6 heteroatoms. The SMILES string of the molecule is CC1(C)C[C@@H](F)CN(c2ncnc(N)n2)C1. The molecule has 2 heterocycles. The maximum atomic E-state index is 13.6. The molecular weight excluding hydrogens is 209 g/mol. The molecule has 1 aromatic heterocycles. The van der Waals surface area contributed by atoms with E-state index in [4.69, 9.17) is 5.73 Å². The van der Waals surface area contributed by atoms with Crippen molar-refractivity contribution in [2.24, 2.45) is 5.41 Å². The van der Waals surface area contributed by atoms with E-state index in [1.54, 1.807) is 0 Å². The van der Waals surface area contributed by atoms with E-state index in [1.807, 2.05) is 18.7 Å². The Morgan fingerprint density at radius 1 is 1.50 bits per heavy atom. The lowest BCUT2D eigenvalue weighted by Gasteiger charge is -2.39. The van der Waals surface area contributed by atoms with E-state index in [0.717, 1.165) is 6.54 Å². The number of halogens is 1. The summed E-state index contributed by atoms with van der Waals surface area (Å²) >= 11 is 0. The van der Waals surface area contributed by atoms with Crippen LogP contribution in [0.3, 0.4) is 0 Å². The van der Waals surface area contributed by atoms with E-state index in [0.29, 0.717) is 18.9 Å². The second-order valence-corrected chi connectivity index (χ2v) is 4.99. The Balaban J connectivity index is 2.21. The Bertz CT molecular complexity index is 381. The van der Waals surface area contributed by atoms with Gasteiger partial charge in [-0.2, -0.15) is 4.98 Å². The summed E-state index contributed by atoms with van der Waals surface area (Å²) in [6, 6.07) is 0. The van der Waals surface area contributed by atoms with Gasteiger partial charge in [0.25, 0.3) is 0 Å². The third-order valence-corrected chi connectivity index (χ3v) is 2.67. The molecule has 0 amide bonds. The van der Waals surface area contributed by atoms with Gasteiger partial charge in [-0.3, -0.25) is 0 Å². The molecule has 1 fully saturated rings. The maximum Gasteiger partial charge on any atom is 0.230 e. The Morgan fingerprint density at radius 2 is 2.25 bits per heavy atom. The maximum absolute atomic E-state index is 13.6. The molecule has 1 atom stereocenters. The van der Waals surface area contributed by atoms with Crippen molar-refractivity contribution in [2.45, 2.75) is 26.4 Å². The van der Waals surface area contributed by atoms with Gasteiger partial charge in [-0.25, -0.2) is 14.4 Å². The monoisotopic (exact) mass is 225 g/mol. The fraction of sp³-hybridized carbons (Fsp3) is 0.700. The van der Waals surface area contributed by atoms with Crippen LogP contribution in [0.2, 0.25) is 0 Å². The molecule has 1 aromatic rings. The quantitative estimate of drug-likeness (QED) is 0.773. The van der Waals surface area contributed by atoms with E-state index < -0.39 is 6.17 Å². The zero-order chi connectivity index (χ0) is 11.8. The Labute approximate surface area is 93.9 Å². The average Bonchev–Trinajstić information content (AvgIpc) is 2.14. The molecule has 0 bridgehead atoms. The molecule has 2 N–H and O–H groups in total. The zero-order valence-corrected chi connectivity index (χ0v) is 9.52. The predicted octanol–water partition coefficient (Wildman–Crippen LogP) is 1.03. The summed E-state index contributed by atoms with van der Waals surface area (Å²) < 4.78 is 13.6. The van der Waals surface area contributed by atoms with Gasteiger partial charge in [0.2, 0.25) is 11.9 Å². The first-order valence-corrected chi connectivity index (χ1v) is 5.30. The summed E-state index contributed by atoms with van der Waals surface area (Å²) in [5, 5.41) is 0. The molecule has 0 radical (unpaired) electrons. The second kappa shape index (κ2) is 3.84. The third kappa shape index (κ3) is 2.37. The number of nitrogens with two attached hydrogens (primary N) is 1. The Hall–Kier alpha value is -1.46. The molecule has 2 rings (SSSR count). The standard InChI is InChI=1S/C10H16FN5/c1-10(2)3-7(11)4-16(5-10)9-14-6-13-8(12)15-9/h6-7H,3-5H2,1-2H3,(H2,12,13,14,15)/t7-/m1/s1. The Morgan fingerprint density at radius 3 is 2.88 bits per heavy atom. The average molecular weight is 225 g/mol. The lowest BCUT2D eigenvalue weighted by molar-refractivity contribution is 0.176. The van der Waals surface area contributed by atoms with Gasteiger partial charge in [0.1, 0.15) is 12.5 Å². The minimum atomic E-state index is -0.846. The molecule has 0 spiro atoms. The van der Waals surface area contributed by atoms with Crippen LogP contribution in [0, 0.1) is 5.41 Å². The van der Waals surface area contributed by atoms with Crippen molar-refractivity contribution in [1.29, 1.82) is 0 Å². The molecule has 0 unspecified atom stereocenters. The topological polar surface area (TPSA) is 67.9 Å². The lowest BCUT2D eigenvalue weighted by atomic mass is 9.83. The van der Waals surface area contributed by atoms with Crippen LogP contribution in [0.25, 0.3) is 0 Å². The Kier molecular flexibility index (Phi) is 2.65. The molecule has 88 valence electrons. The minimum Gasteiger partial charge on any atom is -0.368 e. The smallest absolute Gasteiger partial charge is 0.230 e. The first-order valence-electron chi connectivity index (χ1n) is 5.30. The number of piperidine rings is 1. The summed E-state index contributed by atoms with van der Waals surface area (Å²) in [6.07, 6.45) is 1.08. The molecule has 0 saturated carbocycles. The van der Waals surface area contributed by atoms with Crippen LogP contribution in [0.1, 0.15) is 20.3 Å². The van der Waals surface area contributed by atoms with Crippen molar-refractivity contribution in [3.8, 4) is 0 Å². The van der Waals surface area contributed by atoms with Gasteiger partial charge in [-0.1, -0.05) is 13.8 Å². The number of rotatable bonds is 1. The van der Waals surface area contributed by atoms with Gasteiger partial charge in [-0.15, -0.1) is 0 Å². The summed E-state index contributed by atoms with van der Waals surface area (Å²) in [4.78, 5) is 13.6. The van der Waals surface area contributed by atoms with Crippen LogP contribution in [-0.4, -0.2) is 34.2 Å². The minimum absolute atomic E-state index is 0.0704. The summed E-state index contributed by atoms with van der Waals surface area (Å²) in [7, 11) is 0. The number of aromatic nitrogens is 3. The van der Waals surface area contributed by atoms with Gasteiger partial charge in [0, 0.05) is 6.54 Å². The number of nitrogen functional groups attached to an aromatic ring is 1. The van der Waals surface area contributed by atoms with Gasteiger partial charge in [-0.05, 0) is 11.8 Å². The number of alkyl halides is 1. The molecular formula is C10H16FN5. The largest absolute Gasteiger partial charge is 0.368 e. The fourth-order valence-corrected chi connectivity index (χ4v) is 2.15. The van der Waals surface area contributed by atoms with Crippen LogP contribution in [0.5, 0.6) is 0 Å². The highest BCUT2D eigenvalue weighted by Gasteiger charge is 2.33. The fourth-order valence-electron chi connectivity index (χ4n) is 2.15. The van der Waals surface area contributed by atoms with Crippen LogP contribution < -0.4 is 10.6 Å². The molecule has 5 nitrogen and oxygen atoms in total. The van der Waals surface area contributed by atoms with E-state index in [2.05, 4.69) is 15.0 Å². The van der Waals surface area contributed by atoms with Crippen LogP contribution in [-0.2, 0) is 0 Å². The van der Waals surface area contributed by atoms with E-state index in [1.165, 1.54) is 6.33 Å². The van der Waals surface area contributed by atoms with Crippen LogP contribution in [0.15, 0.2) is 6.33 Å². The normalized spacial score (nSPS) is 24.4. The zero-order valence-electron chi connectivity index (χ0n) is 9.52. The van der Waals surface area contributed by atoms with Crippen LogP contribution in [0.4, 0.5) is 16.3 Å². The summed E-state index contributed by atoms with van der Waals surface area (Å²) in [5.74, 6) is 0.631. The number of hydrogen-bond donors (Lipinski definition) is 1. The van der Waals surface area contributed by atoms with Gasteiger partial charge in [0.15, 0.2) is 0 Å². The van der Waals surface area contributed by atoms with Crippen molar-refractivity contribution in [3.63, 3.8) is 0 Å². The molecule has 0 aliphatic carbocycles. The van der Waals surface area contributed by atoms with Gasteiger partial charge >= 0.3 is 0 Å². The second-order valence-electron chi connectivity index (χ2n) is 4.99. The first kappa shape index (κ1) is 11.0.